The molecule has 214 valence electrons. The summed E-state index contributed by atoms with van der Waals surface area (Å²) in [6.45, 7) is -0.536. The van der Waals surface area contributed by atoms with Crippen molar-refractivity contribution in [1.82, 2.24) is 10.3 Å². The van der Waals surface area contributed by atoms with Crippen LogP contribution >= 0.6 is 23.1 Å². The van der Waals surface area contributed by atoms with Crippen LogP contribution in [0.4, 0.5) is 5.13 Å². The molecule has 0 spiro atoms. The minimum atomic E-state index is -0.978. The quantitative estimate of drug-likeness (QED) is 0.267. The Morgan fingerprint density at radius 3 is 2.23 bits per heavy atom. The monoisotopic (exact) mass is 589 g/mol. The molecule has 0 saturated heterocycles. The predicted octanol–water partition coefficient (Wildman–Crippen LogP) is 3.88. The Balaban J connectivity index is 1.61. The summed E-state index contributed by atoms with van der Waals surface area (Å²) in [5.74, 6) is 0.405. The van der Waals surface area contributed by atoms with E-state index in [2.05, 4.69) is 15.6 Å². The van der Waals surface area contributed by atoms with E-state index in [1.807, 2.05) is 30.5 Å². The van der Waals surface area contributed by atoms with Crippen LogP contribution in [0.25, 0.3) is 11.3 Å². The van der Waals surface area contributed by atoms with Gasteiger partial charge in [-0.1, -0.05) is 0 Å². The third-order valence-electron chi connectivity index (χ3n) is 5.61. The lowest BCUT2D eigenvalue weighted by Gasteiger charge is -2.18. The number of thioether (sulfide) groups is 1. The Bertz CT molecular complexity index is 1290. The molecule has 2 amide bonds. The van der Waals surface area contributed by atoms with E-state index in [0.29, 0.717) is 40.2 Å². The van der Waals surface area contributed by atoms with Crippen LogP contribution < -0.4 is 29.6 Å². The molecule has 0 saturated carbocycles. The van der Waals surface area contributed by atoms with Crippen LogP contribution in [0.3, 0.4) is 0 Å². The molecule has 2 N–H and O–H groups in total. The SMILES string of the molecule is COc1ccc(-c2csc(NC(=O)COC(=O)C(CCSC)NC(=O)c3cc(OC)c(OC)c(OC)c3)n2)cc1. The van der Waals surface area contributed by atoms with E-state index in [-0.39, 0.29) is 5.56 Å². The fourth-order valence-electron chi connectivity index (χ4n) is 3.56. The first-order valence-corrected chi connectivity index (χ1v) is 14.3. The zero-order valence-corrected chi connectivity index (χ0v) is 24.4. The lowest BCUT2D eigenvalue weighted by molar-refractivity contribution is -0.149. The average molecular weight is 590 g/mol. The molecular weight excluding hydrogens is 558 g/mol. The summed E-state index contributed by atoms with van der Waals surface area (Å²) in [5, 5.41) is 7.48. The van der Waals surface area contributed by atoms with Crippen LogP contribution in [0.15, 0.2) is 41.8 Å². The number of anilines is 1. The van der Waals surface area contributed by atoms with Crippen LogP contribution in [0, 0.1) is 0 Å². The summed E-state index contributed by atoms with van der Waals surface area (Å²) in [7, 11) is 5.93. The van der Waals surface area contributed by atoms with E-state index in [9.17, 15) is 14.4 Å². The number of thiazole rings is 1. The third-order valence-corrected chi connectivity index (χ3v) is 7.01. The lowest BCUT2D eigenvalue weighted by atomic mass is 10.1. The van der Waals surface area contributed by atoms with Gasteiger partial charge in [0, 0.05) is 16.5 Å². The van der Waals surface area contributed by atoms with Crippen molar-refractivity contribution >= 4 is 46.0 Å². The molecule has 0 fully saturated rings. The van der Waals surface area contributed by atoms with Gasteiger partial charge >= 0.3 is 5.97 Å². The smallest absolute Gasteiger partial charge is 0.329 e. The van der Waals surface area contributed by atoms with Crippen molar-refractivity contribution in [2.75, 3.05) is 52.4 Å². The zero-order valence-electron chi connectivity index (χ0n) is 22.8. The molecule has 0 aliphatic carbocycles. The van der Waals surface area contributed by atoms with Crippen molar-refractivity contribution in [3.8, 4) is 34.3 Å². The molecule has 0 aliphatic rings. The second-order valence-electron chi connectivity index (χ2n) is 8.14. The summed E-state index contributed by atoms with van der Waals surface area (Å²) in [6, 6.07) is 9.35. The molecular formula is C27H31N3O8S2. The minimum absolute atomic E-state index is 0.200. The Morgan fingerprint density at radius 1 is 0.975 bits per heavy atom. The molecule has 0 aliphatic heterocycles. The number of hydrogen-bond donors (Lipinski definition) is 2. The first kappa shape index (κ1) is 30.6. The van der Waals surface area contributed by atoms with Crippen molar-refractivity contribution in [1.29, 1.82) is 0 Å². The van der Waals surface area contributed by atoms with Gasteiger partial charge in [0.05, 0.1) is 34.1 Å². The third kappa shape index (κ3) is 8.02. The number of methoxy groups -OCH3 is 4. The molecule has 0 bridgehead atoms. The van der Waals surface area contributed by atoms with E-state index in [1.165, 1.54) is 56.6 Å². The number of aromatic nitrogens is 1. The lowest BCUT2D eigenvalue weighted by Crippen LogP contribution is -2.43. The largest absolute Gasteiger partial charge is 0.497 e. The van der Waals surface area contributed by atoms with Gasteiger partial charge in [-0.2, -0.15) is 11.8 Å². The number of carbonyl (C=O) groups is 3. The van der Waals surface area contributed by atoms with Gasteiger partial charge in [0.1, 0.15) is 11.8 Å². The second kappa shape index (κ2) is 15.0. The first-order valence-electron chi connectivity index (χ1n) is 12.0. The highest BCUT2D eigenvalue weighted by Crippen LogP contribution is 2.38. The van der Waals surface area contributed by atoms with Gasteiger partial charge in [0.15, 0.2) is 23.2 Å². The maximum Gasteiger partial charge on any atom is 0.329 e. The number of esters is 1. The summed E-state index contributed by atoms with van der Waals surface area (Å²) >= 11 is 2.75. The topological polar surface area (TPSA) is 134 Å². The summed E-state index contributed by atoms with van der Waals surface area (Å²) in [5.41, 5.74) is 1.75. The fourth-order valence-corrected chi connectivity index (χ4v) is 4.76. The Hall–Kier alpha value is -3.97. The van der Waals surface area contributed by atoms with Crippen molar-refractivity contribution in [3.05, 3.63) is 47.3 Å². The van der Waals surface area contributed by atoms with E-state index >= 15 is 0 Å². The van der Waals surface area contributed by atoms with Gasteiger partial charge in [-0.25, -0.2) is 9.78 Å². The number of benzene rings is 2. The summed E-state index contributed by atoms with van der Waals surface area (Å²) in [4.78, 5) is 42.7. The number of ether oxygens (including phenoxy) is 5. The molecule has 1 atom stereocenters. The molecule has 11 nitrogen and oxygen atoms in total. The van der Waals surface area contributed by atoms with Crippen molar-refractivity contribution in [3.63, 3.8) is 0 Å². The molecule has 2 aromatic carbocycles. The molecule has 1 unspecified atom stereocenters. The Morgan fingerprint density at radius 2 is 1.65 bits per heavy atom. The van der Waals surface area contributed by atoms with E-state index in [4.69, 9.17) is 23.7 Å². The van der Waals surface area contributed by atoms with E-state index < -0.39 is 30.4 Å². The first-order chi connectivity index (χ1) is 19.3. The van der Waals surface area contributed by atoms with Gasteiger partial charge in [-0.15, -0.1) is 11.3 Å². The molecule has 13 heteroatoms. The highest BCUT2D eigenvalue weighted by atomic mass is 32.2. The summed E-state index contributed by atoms with van der Waals surface area (Å²) in [6.07, 6.45) is 2.18. The number of nitrogens with zero attached hydrogens (tertiary/aromatic N) is 1. The van der Waals surface area contributed by atoms with Crippen molar-refractivity contribution in [2.24, 2.45) is 0 Å². The highest BCUT2D eigenvalue weighted by molar-refractivity contribution is 7.98. The maximum absolute atomic E-state index is 13.0. The normalized spacial score (nSPS) is 11.2. The van der Waals surface area contributed by atoms with Gasteiger partial charge < -0.3 is 29.0 Å². The van der Waals surface area contributed by atoms with Crippen molar-refractivity contribution < 1.29 is 38.1 Å². The average Bonchev–Trinajstić information content (AvgIpc) is 3.45. The fraction of sp³-hybridized carbons (Fsp3) is 0.333. The molecule has 0 radical (unpaired) electrons. The zero-order chi connectivity index (χ0) is 29.1. The van der Waals surface area contributed by atoms with Crippen LogP contribution in [-0.4, -0.2) is 75.9 Å². The number of rotatable bonds is 14. The Labute approximate surface area is 240 Å². The molecule has 1 heterocycles. The van der Waals surface area contributed by atoms with Gasteiger partial charge in [0.25, 0.3) is 11.8 Å². The van der Waals surface area contributed by atoms with Crippen LogP contribution in [0.2, 0.25) is 0 Å². The number of amides is 2. The van der Waals surface area contributed by atoms with Crippen LogP contribution in [0.1, 0.15) is 16.8 Å². The maximum atomic E-state index is 13.0. The standard InChI is InChI=1S/C27H31N3O8S2/c1-34-18-8-6-16(7-9-18)20-15-40-27(29-20)30-23(31)14-38-26(33)19(10-11-39-5)28-25(32)17-12-21(35-2)24(37-4)22(13-17)36-3/h6-9,12-13,15,19H,10-11,14H2,1-5H3,(H,28,32)(H,29,30,31). The van der Waals surface area contributed by atoms with E-state index in [1.54, 1.807) is 12.5 Å². The van der Waals surface area contributed by atoms with Crippen molar-refractivity contribution in [2.45, 2.75) is 12.5 Å². The number of nitrogens with one attached hydrogen (secondary N) is 2. The molecule has 40 heavy (non-hydrogen) atoms. The Kier molecular flexibility index (Phi) is 11.5. The van der Waals surface area contributed by atoms with Gasteiger partial charge in [0.2, 0.25) is 5.75 Å². The summed E-state index contributed by atoms with van der Waals surface area (Å²) < 4.78 is 26.3. The molecule has 1 aromatic heterocycles. The predicted molar refractivity (Wildman–Crippen MR) is 154 cm³/mol. The molecule has 3 aromatic rings. The number of hydrogen-bond acceptors (Lipinski definition) is 11. The number of carbonyl (C=O) groups excluding carboxylic acids is 3. The second-order valence-corrected chi connectivity index (χ2v) is 9.99. The molecule has 3 rings (SSSR count). The van der Waals surface area contributed by atoms with Gasteiger partial charge in [-0.05, 0) is 54.8 Å². The van der Waals surface area contributed by atoms with Crippen LogP contribution in [-0.2, 0) is 14.3 Å². The minimum Gasteiger partial charge on any atom is -0.497 e. The van der Waals surface area contributed by atoms with E-state index in [0.717, 1.165) is 11.3 Å². The highest BCUT2D eigenvalue weighted by Gasteiger charge is 2.25. The van der Waals surface area contributed by atoms with Gasteiger partial charge in [-0.3, -0.25) is 14.9 Å². The van der Waals surface area contributed by atoms with Crippen LogP contribution in [0.5, 0.6) is 23.0 Å².